The Morgan fingerprint density at radius 2 is 0.734 bits per heavy atom. The first-order chi connectivity index (χ1) is 31.5. The van der Waals surface area contributed by atoms with Crippen LogP contribution in [0, 0.1) is 6.92 Å². The van der Waals surface area contributed by atoms with Crippen LogP contribution in [-0.2, 0) is 0 Å². The predicted octanol–water partition coefficient (Wildman–Crippen LogP) is 17.6. The number of benzene rings is 11. The maximum atomic E-state index is 4.34. The molecule has 64 heavy (non-hydrogen) atoms. The van der Waals surface area contributed by atoms with E-state index in [0.29, 0.717) is 0 Å². The fourth-order valence-electron chi connectivity index (χ4n) is 9.50. The third kappa shape index (κ3) is 7.01. The number of hydrogen-bond acceptors (Lipinski definition) is 2. The molecule has 11 aromatic carbocycles. The van der Waals surface area contributed by atoms with Crippen molar-refractivity contribution >= 4 is 93.6 Å². The van der Waals surface area contributed by atoms with E-state index in [1.807, 2.05) is 0 Å². The zero-order valence-electron chi connectivity index (χ0n) is 35.9. The summed E-state index contributed by atoms with van der Waals surface area (Å²) in [5.41, 5.74) is 12.7. The van der Waals surface area contributed by atoms with Crippen molar-refractivity contribution in [1.82, 2.24) is 0 Å². The van der Waals surface area contributed by atoms with Gasteiger partial charge in [0.15, 0.2) is 0 Å². The SMILES string of the molecule is C=S(C)c1ccc(N(c2ccc3c(-c4ccccc4)c4cc(N(c5ccc(C)cc5)c5cccc6ccccc56)ccc4c(-c4ccccc4)c3c2)c2cccc3ccccc23)cc1. The van der Waals surface area contributed by atoms with Crippen LogP contribution in [0.5, 0.6) is 0 Å². The van der Waals surface area contributed by atoms with Crippen LogP contribution in [0.15, 0.2) is 235 Å². The van der Waals surface area contributed by atoms with Crippen molar-refractivity contribution in [2.24, 2.45) is 0 Å². The lowest BCUT2D eigenvalue weighted by Gasteiger charge is -2.29. The van der Waals surface area contributed by atoms with Crippen LogP contribution < -0.4 is 9.80 Å². The van der Waals surface area contributed by atoms with Crippen LogP contribution in [0.1, 0.15) is 5.56 Å². The number of hydrogen-bond donors (Lipinski definition) is 0. The second-order valence-corrected chi connectivity index (χ2v) is 18.3. The molecule has 0 aliphatic rings. The second-order valence-electron chi connectivity index (χ2n) is 16.6. The average molecular weight is 839 g/mol. The van der Waals surface area contributed by atoms with Crippen molar-refractivity contribution in [1.29, 1.82) is 0 Å². The third-order valence-electron chi connectivity index (χ3n) is 12.5. The fourth-order valence-corrected chi connectivity index (χ4v) is 10.1. The van der Waals surface area contributed by atoms with Crippen molar-refractivity contribution in [3.05, 3.63) is 236 Å². The van der Waals surface area contributed by atoms with Crippen LogP contribution in [0.3, 0.4) is 0 Å². The van der Waals surface area contributed by atoms with Gasteiger partial charge < -0.3 is 9.80 Å². The molecule has 0 aromatic heterocycles. The maximum Gasteiger partial charge on any atom is 0.0540 e. The zero-order valence-corrected chi connectivity index (χ0v) is 36.8. The minimum Gasteiger partial charge on any atom is -0.310 e. The number of aryl methyl sites for hydroxylation is 1. The van der Waals surface area contributed by atoms with E-state index in [4.69, 9.17) is 0 Å². The van der Waals surface area contributed by atoms with Crippen molar-refractivity contribution < 1.29 is 0 Å². The summed E-state index contributed by atoms with van der Waals surface area (Å²) in [6.45, 7) is 2.15. The molecule has 0 heterocycles. The van der Waals surface area contributed by atoms with Gasteiger partial charge >= 0.3 is 0 Å². The highest BCUT2D eigenvalue weighted by atomic mass is 32.2. The first-order valence-electron chi connectivity index (χ1n) is 21.8. The highest BCUT2D eigenvalue weighted by Crippen LogP contribution is 2.49. The molecule has 11 aromatic rings. The first kappa shape index (κ1) is 39.1. The Bertz CT molecular complexity index is 3510. The minimum absolute atomic E-state index is 0.0949. The fraction of sp³-hybridized carbons (Fsp3) is 0.0328. The molecule has 11 rings (SSSR count). The van der Waals surface area contributed by atoms with Gasteiger partial charge in [0, 0.05) is 38.4 Å². The van der Waals surface area contributed by atoms with Gasteiger partial charge in [-0.2, -0.15) is 10.5 Å². The molecular formula is C61H46N2S. The Balaban J connectivity index is 1.22. The van der Waals surface area contributed by atoms with Gasteiger partial charge in [-0.05, 0) is 141 Å². The van der Waals surface area contributed by atoms with Crippen LogP contribution in [-0.4, -0.2) is 12.1 Å². The molecule has 2 nitrogen and oxygen atoms in total. The summed E-state index contributed by atoms with van der Waals surface area (Å²) in [7, 11) is -0.0949. The van der Waals surface area contributed by atoms with E-state index < -0.39 is 0 Å². The summed E-state index contributed by atoms with van der Waals surface area (Å²) >= 11 is 0. The molecule has 306 valence electrons. The molecule has 0 radical (unpaired) electrons. The third-order valence-corrected chi connectivity index (χ3v) is 13.6. The Morgan fingerprint density at radius 1 is 0.344 bits per heavy atom. The number of rotatable bonds is 9. The Labute approximate surface area is 377 Å². The topological polar surface area (TPSA) is 6.48 Å². The molecule has 0 aliphatic carbocycles. The van der Waals surface area contributed by atoms with E-state index in [9.17, 15) is 0 Å². The molecule has 0 bridgehead atoms. The van der Waals surface area contributed by atoms with Gasteiger partial charge in [0.2, 0.25) is 0 Å². The molecule has 0 saturated heterocycles. The first-order valence-corrected chi connectivity index (χ1v) is 23.6. The normalized spacial score (nSPS) is 11.9. The molecule has 3 heteroatoms. The number of anilines is 6. The lowest BCUT2D eigenvalue weighted by atomic mass is 9.85. The Morgan fingerprint density at radius 3 is 1.19 bits per heavy atom. The molecule has 0 amide bonds. The van der Waals surface area contributed by atoms with Crippen molar-refractivity contribution in [3.8, 4) is 22.3 Å². The quantitative estimate of drug-likeness (QED) is 0.106. The van der Waals surface area contributed by atoms with Gasteiger partial charge in [0.1, 0.15) is 0 Å². The van der Waals surface area contributed by atoms with Gasteiger partial charge in [-0.1, -0.05) is 169 Å². The predicted molar refractivity (Wildman–Crippen MR) is 280 cm³/mol. The molecule has 0 fully saturated rings. The summed E-state index contributed by atoms with van der Waals surface area (Å²) < 4.78 is 0. The van der Waals surface area contributed by atoms with E-state index in [1.165, 1.54) is 75.8 Å². The van der Waals surface area contributed by atoms with Crippen molar-refractivity contribution in [2.45, 2.75) is 11.8 Å². The largest absolute Gasteiger partial charge is 0.310 e. The molecular weight excluding hydrogens is 793 g/mol. The highest BCUT2D eigenvalue weighted by Gasteiger charge is 2.23. The molecule has 1 atom stereocenters. The van der Waals surface area contributed by atoms with Crippen LogP contribution in [0.2, 0.25) is 0 Å². The van der Waals surface area contributed by atoms with E-state index in [0.717, 1.165) is 34.1 Å². The smallest absolute Gasteiger partial charge is 0.0540 e. The van der Waals surface area contributed by atoms with Crippen LogP contribution in [0.4, 0.5) is 34.1 Å². The summed E-state index contributed by atoms with van der Waals surface area (Å²) in [5.74, 6) is 4.34. The van der Waals surface area contributed by atoms with Crippen LogP contribution >= 0.6 is 10.5 Å². The van der Waals surface area contributed by atoms with Crippen molar-refractivity contribution in [3.63, 3.8) is 0 Å². The summed E-state index contributed by atoms with van der Waals surface area (Å²) in [6.07, 6.45) is 2.17. The van der Waals surface area contributed by atoms with E-state index in [-0.39, 0.29) is 10.5 Å². The van der Waals surface area contributed by atoms with E-state index >= 15 is 0 Å². The van der Waals surface area contributed by atoms with Gasteiger partial charge in [-0.3, -0.25) is 0 Å². The van der Waals surface area contributed by atoms with E-state index in [2.05, 4.69) is 259 Å². The van der Waals surface area contributed by atoms with Gasteiger partial charge in [0.25, 0.3) is 0 Å². The molecule has 0 aliphatic heterocycles. The van der Waals surface area contributed by atoms with Gasteiger partial charge in [0.05, 0.1) is 11.4 Å². The monoisotopic (exact) mass is 838 g/mol. The van der Waals surface area contributed by atoms with Gasteiger partial charge in [-0.15, -0.1) is 0 Å². The standard InChI is InChI=1S/C61H46N2S/c1-42-28-30-47(31-29-42)62(58-26-14-22-43-16-10-12-24-52(43)58)49-34-38-54-56(40-49)60(45-18-6-4-7-19-45)55-39-35-50(41-57(55)61(54)46-20-8-5-9-21-46)63(48-32-36-51(37-33-48)64(2)3)59-27-15-23-44-17-11-13-25-53(44)59/h4-41H,2H2,1,3H3. The Hall–Kier alpha value is -7.72. The van der Waals surface area contributed by atoms with Crippen molar-refractivity contribution in [2.75, 3.05) is 16.1 Å². The zero-order chi connectivity index (χ0) is 43.1. The molecule has 0 spiro atoms. The van der Waals surface area contributed by atoms with Crippen LogP contribution in [0.25, 0.3) is 65.3 Å². The minimum atomic E-state index is -0.0949. The molecule has 0 N–H and O–H groups in total. The lowest BCUT2D eigenvalue weighted by Crippen LogP contribution is -2.11. The maximum absolute atomic E-state index is 4.34. The summed E-state index contributed by atoms with van der Waals surface area (Å²) in [4.78, 5) is 6.09. The molecule has 1 unspecified atom stereocenters. The average Bonchev–Trinajstić information content (AvgIpc) is 3.35. The lowest BCUT2D eigenvalue weighted by molar-refractivity contribution is 1.29. The number of nitrogens with zero attached hydrogens (tertiary/aromatic N) is 2. The summed E-state index contributed by atoms with van der Waals surface area (Å²) in [6, 6.07) is 84.6. The van der Waals surface area contributed by atoms with Gasteiger partial charge in [-0.25, -0.2) is 0 Å². The summed E-state index contributed by atoms with van der Waals surface area (Å²) in [5, 5.41) is 9.62. The number of fused-ring (bicyclic) bond motifs is 4. The second kappa shape index (κ2) is 16.5. The highest BCUT2D eigenvalue weighted by molar-refractivity contribution is 8.13. The van der Waals surface area contributed by atoms with E-state index in [1.54, 1.807) is 0 Å². The Kier molecular flexibility index (Phi) is 10.1. The molecule has 0 saturated carbocycles.